The fraction of sp³-hybridized carbons (Fsp3) is 0.0877. The smallest absolute Gasteiger partial charge is 0.159 e. The molecule has 0 atom stereocenters. The predicted octanol–water partition coefficient (Wildman–Crippen LogP) is 14.7. The molecule has 5 heteroatoms. The highest BCUT2D eigenvalue weighted by Gasteiger charge is 2.36. The van der Waals surface area contributed by atoms with Gasteiger partial charge in [0.05, 0.1) is 13.8 Å². The molecule has 0 saturated heterocycles. The van der Waals surface area contributed by atoms with Crippen molar-refractivity contribution in [1.82, 2.24) is 0 Å². The van der Waals surface area contributed by atoms with E-state index in [0.717, 1.165) is 39.0 Å². The molecule has 0 N–H and O–H groups in total. The normalized spacial score (nSPS) is 13.0. The van der Waals surface area contributed by atoms with Crippen molar-refractivity contribution < 1.29 is 4.42 Å². The summed E-state index contributed by atoms with van der Waals surface area (Å²) in [4.78, 5) is 4.74. The zero-order chi connectivity index (χ0) is 42.2. The molecule has 62 heavy (non-hydrogen) atoms. The Kier molecular flexibility index (Phi) is 8.97. The average molecular weight is 833 g/mol. The molecule has 1 aliphatic heterocycles. The highest BCUT2D eigenvalue weighted by atomic mass is 28.3. The molecule has 0 fully saturated rings. The van der Waals surface area contributed by atoms with Gasteiger partial charge in [-0.3, -0.25) is 0 Å². The van der Waals surface area contributed by atoms with Crippen molar-refractivity contribution in [3.63, 3.8) is 0 Å². The van der Waals surface area contributed by atoms with Crippen LogP contribution in [0.4, 0.5) is 34.1 Å². The lowest BCUT2D eigenvalue weighted by Gasteiger charge is -2.35. The first-order chi connectivity index (χ1) is 30.1. The SMILES string of the molecule is C[Si](C)(C)c1ccc(N(c2ccccc2)c2ccc3c(c2)[Si](C)(C)c2cccc4c(-c5ccc(N(c6ccccc6)c6cccc7c6oc6ccccc67)cc5)ccc-3c24)cc1. The molecule has 0 bridgehead atoms. The van der Waals surface area contributed by atoms with E-state index in [1.165, 1.54) is 65.6 Å². The molecule has 0 spiro atoms. The topological polar surface area (TPSA) is 19.6 Å². The van der Waals surface area contributed by atoms with Gasteiger partial charge in [0.1, 0.15) is 13.7 Å². The maximum absolute atomic E-state index is 6.56. The van der Waals surface area contributed by atoms with E-state index in [2.05, 4.69) is 237 Å². The van der Waals surface area contributed by atoms with Gasteiger partial charge < -0.3 is 14.2 Å². The van der Waals surface area contributed by atoms with Gasteiger partial charge in [-0.1, -0.05) is 165 Å². The van der Waals surface area contributed by atoms with Crippen LogP contribution in [0.3, 0.4) is 0 Å². The molecule has 0 radical (unpaired) electrons. The lowest BCUT2D eigenvalue weighted by molar-refractivity contribution is 0.669. The Morgan fingerprint density at radius 1 is 0.419 bits per heavy atom. The summed E-state index contributed by atoms with van der Waals surface area (Å²) in [5.74, 6) is 0. The van der Waals surface area contributed by atoms with E-state index >= 15 is 0 Å². The van der Waals surface area contributed by atoms with Gasteiger partial charge >= 0.3 is 0 Å². The maximum atomic E-state index is 6.56. The number of rotatable bonds is 8. The minimum absolute atomic E-state index is 0.883. The van der Waals surface area contributed by atoms with E-state index in [9.17, 15) is 0 Å². The molecular weight excluding hydrogens is 785 g/mol. The molecule has 9 aromatic carbocycles. The molecular formula is C57H48N2OSi2. The number of benzene rings is 9. The van der Waals surface area contributed by atoms with E-state index in [4.69, 9.17) is 4.42 Å². The molecule has 1 aromatic heterocycles. The quantitative estimate of drug-likeness (QED) is 0.142. The summed E-state index contributed by atoms with van der Waals surface area (Å²) in [6.45, 7) is 12.3. The van der Waals surface area contributed by atoms with Crippen LogP contribution < -0.4 is 25.4 Å². The van der Waals surface area contributed by atoms with E-state index < -0.39 is 16.1 Å². The third-order valence-corrected chi connectivity index (χ3v) is 18.6. The van der Waals surface area contributed by atoms with E-state index in [1.54, 1.807) is 0 Å². The molecule has 0 amide bonds. The van der Waals surface area contributed by atoms with Crippen LogP contribution in [-0.4, -0.2) is 16.1 Å². The molecule has 10 aromatic rings. The highest BCUT2D eigenvalue weighted by Crippen LogP contribution is 2.44. The second kappa shape index (κ2) is 14.6. The van der Waals surface area contributed by atoms with Crippen LogP contribution in [0.5, 0.6) is 0 Å². The zero-order valence-electron chi connectivity index (χ0n) is 35.9. The number of nitrogens with zero attached hydrogens (tertiary/aromatic N) is 2. The fourth-order valence-corrected chi connectivity index (χ4v) is 14.1. The fourth-order valence-electron chi connectivity index (χ4n) is 9.81. The third-order valence-electron chi connectivity index (χ3n) is 13.0. The van der Waals surface area contributed by atoms with Crippen LogP contribution in [0, 0.1) is 0 Å². The molecule has 3 nitrogen and oxygen atoms in total. The van der Waals surface area contributed by atoms with Gasteiger partial charge in [0.2, 0.25) is 0 Å². The standard InChI is InChI=1S/C57H48N2OSi2/c1-61(2,3)45-33-30-42(31-34-45)58(40-16-8-6-9-17-40)44-32-35-48-50-37-36-46(49-21-15-25-54(56(49)50)62(4,5)55(48)38-44)39-26-28-43(29-27-39)59(41-18-10-7-11-19-41)52-23-14-22-51-47-20-12-13-24-53(47)60-57(51)52/h6-38H,1-5H3. The first-order valence-electron chi connectivity index (χ1n) is 21.7. The lowest BCUT2D eigenvalue weighted by Crippen LogP contribution is -2.56. The molecule has 300 valence electrons. The van der Waals surface area contributed by atoms with Crippen LogP contribution in [0.2, 0.25) is 32.7 Å². The minimum atomic E-state index is -2.17. The molecule has 2 heterocycles. The number of fused-ring (bicyclic) bond motifs is 5. The summed E-state index contributed by atoms with van der Waals surface area (Å²) < 4.78 is 6.56. The monoisotopic (exact) mass is 832 g/mol. The van der Waals surface area contributed by atoms with Gasteiger partial charge in [0.15, 0.2) is 5.58 Å². The summed E-state index contributed by atoms with van der Waals surface area (Å²) in [5, 5.41) is 9.39. The van der Waals surface area contributed by atoms with Crippen molar-refractivity contribution >= 4 is 98.5 Å². The Hall–Kier alpha value is -6.93. The molecule has 0 aliphatic carbocycles. The van der Waals surface area contributed by atoms with Crippen molar-refractivity contribution in [1.29, 1.82) is 0 Å². The summed E-state index contributed by atoms with van der Waals surface area (Å²) in [5.41, 5.74) is 13.6. The van der Waals surface area contributed by atoms with Crippen molar-refractivity contribution in [3.05, 3.63) is 200 Å². The van der Waals surface area contributed by atoms with E-state index in [1.807, 2.05) is 6.07 Å². The van der Waals surface area contributed by atoms with Gasteiger partial charge in [-0.05, 0) is 116 Å². The van der Waals surface area contributed by atoms with Gasteiger partial charge in [-0.25, -0.2) is 0 Å². The molecule has 0 unspecified atom stereocenters. The lowest BCUT2D eigenvalue weighted by atomic mass is 9.91. The minimum Gasteiger partial charge on any atom is -0.454 e. The summed E-state index contributed by atoms with van der Waals surface area (Å²) >= 11 is 0. The molecule has 1 aliphatic rings. The summed E-state index contributed by atoms with van der Waals surface area (Å²) in [6, 6.07) is 73.5. The van der Waals surface area contributed by atoms with Crippen LogP contribution >= 0.6 is 0 Å². The van der Waals surface area contributed by atoms with Gasteiger partial charge in [-0.15, -0.1) is 0 Å². The van der Waals surface area contributed by atoms with Crippen molar-refractivity contribution in [2.45, 2.75) is 32.7 Å². The Morgan fingerprint density at radius 3 is 1.69 bits per heavy atom. The first-order valence-corrected chi connectivity index (χ1v) is 28.2. The number of hydrogen-bond donors (Lipinski definition) is 0. The zero-order valence-corrected chi connectivity index (χ0v) is 37.9. The van der Waals surface area contributed by atoms with Gasteiger partial charge in [0.25, 0.3) is 0 Å². The van der Waals surface area contributed by atoms with Crippen LogP contribution in [0.15, 0.2) is 205 Å². The summed E-state index contributed by atoms with van der Waals surface area (Å²) in [7, 11) is -3.60. The van der Waals surface area contributed by atoms with Crippen molar-refractivity contribution in [3.8, 4) is 22.3 Å². The number of furan rings is 1. The Morgan fingerprint density at radius 2 is 0.968 bits per heavy atom. The van der Waals surface area contributed by atoms with Gasteiger partial charge in [0, 0.05) is 39.2 Å². The predicted molar refractivity (Wildman–Crippen MR) is 271 cm³/mol. The number of anilines is 6. The average Bonchev–Trinajstić information content (AvgIpc) is 3.69. The number of hydrogen-bond acceptors (Lipinski definition) is 3. The van der Waals surface area contributed by atoms with E-state index in [0.29, 0.717) is 0 Å². The third kappa shape index (κ3) is 6.22. The Bertz CT molecular complexity index is 3290. The second-order valence-electron chi connectivity index (χ2n) is 18.2. The highest BCUT2D eigenvalue weighted by molar-refractivity contribution is 7.03. The molecule has 0 saturated carbocycles. The van der Waals surface area contributed by atoms with Crippen LogP contribution in [0.1, 0.15) is 0 Å². The summed E-state index contributed by atoms with van der Waals surface area (Å²) in [6.07, 6.45) is 0. The van der Waals surface area contributed by atoms with Crippen molar-refractivity contribution in [2.75, 3.05) is 9.80 Å². The largest absolute Gasteiger partial charge is 0.454 e. The maximum Gasteiger partial charge on any atom is 0.159 e. The number of para-hydroxylation sites is 4. The van der Waals surface area contributed by atoms with Crippen molar-refractivity contribution in [2.24, 2.45) is 0 Å². The Balaban J connectivity index is 1.00. The van der Waals surface area contributed by atoms with Gasteiger partial charge in [-0.2, -0.15) is 0 Å². The molecule has 11 rings (SSSR count). The van der Waals surface area contributed by atoms with Crippen LogP contribution in [0.25, 0.3) is 55.0 Å². The van der Waals surface area contributed by atoms with Crippen LogP contribution in [-0.2, 0) is 0 Å². The first kappa shape index (κ1) is 38.0. The van der Waals surface area contributed by atoms with E-state index in [-0.39, 0.29) is 0 Å². The Labute approximate surface area is 366 Å². The second-order valence-corrected chi connectivity index (χ2v) is 27.6.